The first-order chi connectivity index (χ1) is 13.1. The minimum atomic E-state index is -0.332. The zero-order valence-corrected chi connectivity index (χ0v) is 16.8. The van der Waals surface area contributed by atoms with Crippen molar-refractivity contribution in [2.75, 3.05) is 32.8 Å². The number of amides is 2. The lowest BCUT2D eigenvalue weighted by molar-refractivity contribution is -0.136. The maximum Gasteiger partial charge on any atom is 0.258 e. The van der Waals surface area contributed by atoms with Gasteiger partial charge in [-0.25, -0.2) is 0 Å². The Morgan fingerprint density at radius 1 is 1.18 bits per heavy atom. The Kier molecular flexibility index (Phi) is 8.57. The summed E-state index contributed by atoms with van der Waals surface area (Å²) in [4.78, 5) is 26.4. The first-order valence-electron chi connectivity index (χ1n) is 8.83. The van der Waals surface area contributed by atoms with E-state index in [0.29, 0.717) is 30.4 Å². The maximum atomic E-state index is 12.7. The minimum absolute atomic E-state index is 0. The van der Waals surface area contributed by atoms with Gasteiger partial charge in [0.1, 0.15) is 5.75 Å². The second kappa shape index (κ2) is 10.9. The number of carbonyl (C=O) groups is 2. The number of nitrogens with zero attached hydrogens (tertiary/aromatic N) is 1. The molecule has 0 aliphatic carbocycles. The third-order valence-electron chi connectivity index (χ3n) is 4.35. The lowest BCUT2D eigenvalue weighted by atomic mass is 10.0. The Balaban J connectivity index is 0.00000280. The SMILES string of the molecule is Cl.O=C(COc1ccccc1)NCC(=O)N1CCNCC1c1cccc(Cl)c1. The van der Waals surface area contributed by atoms with Crippen molar-refractivity contribution >= 4 is 35.8 Å². The lowest BCUT2D eigenvalue weighted by Gasteiger charge is -2.36. The summed E-state index contributed by atoms with van der Waals surface area (Å²) >= 11 is 6.08. The van der Waals surface area contributed by atoms with Gasteiger partial charge in [-0.15, -0.1) is 12.4 Å². The molecule has 0 bridgehead atoms. The summed E-state index contributed by atoms with van der Waals surface area (Å²) in [5, 5.41) is 6.56. The highest BCUT2D eigenvalue weighted by atomic mass is 35.5. The van der Waals surface area contributed by atoms with Crippen LogP contribution in [0.4, 0.5) is 0 Å². The summed E-state index contributed by atoms with van der Waals surface area (Å²) in [7, 11) is 0. The smallest absolute Gasteiger partial charge is 0.258 e. The fourth-order valence-corrected chi connectivity index (χ4v) is 3.21. The number of nitrogens with one attached hydrogen (secondary N) is 2. The summed E-state index contributed by atoms with van der Waals surface area (Å²) in [6.07, 6.45) is 0. The van der Waals surface area contributed by atoms with E-state index >= 15 is 0 Å². The van der Waals surface area contributed by atoms with Crippen molar-refractivity contribution < 1.29 is 14.3 Å². The number of piperazine rings is 1. The van der Waals surface area contributed by atoms with Gasteiger partial charge in [0.2, 0.25) is 5.91 Å². The number of hydrogen-bond acceptors (Lipinski definition) is 4. The van der Waals surface area contributed by atoms with Crippen LogP contribution in [0.3, 0.4) is 0 Å². The summed E-state index contributed by atoms with van der Waals surface area (Å²) in [5.74, 6) is 0.151. The Hall–Kier alpha value is -2.28. The lowest BCUT2D eigenvalue weighted by Crippen LogP contribution is -2.51. The van der Waals surface area contributed by atoms with E-state index in [1.807, 2.05) is 36.4 Å². The van der Waals surface area contributed by atoms with E-state index in [1.165, 1.54) is 0 Å². The van der Waals surface area contributed by atoms with Gasteiger partial charge in [-0.3, -0.25) is 9.59 Å². The highest BCUT2D eigenvalue weighted by Gasteiger charge is 2.28. The quantitative estimate of drug-likeness (QED) is 0.748. The fraction of sp³-hybridized carbons (Fsp3) is 0.300. The number of carbonyl (C=O) groups excluding carboxylic acids is 2. The van der Waals surface area contributed by atoms with Crippen molar-refractivity contribution in [3.8, 4) is 5.75 Å². The van der Waals surface area contributed by atoms with Crippen molar-refractivity contribution in [1.82, 2.24) is 15.5 Å². The molecule has 1 heterocycles. The maximum absolute atomic E-state index is 12.7. The van der Waals surface area contributed by atoms with Gasteiger partial charge in [0.25, 0.3) is 5.91 Å². The zero-order chi connectivity index (χ0) is 19.1. The van der Waals surface area contributed by atoms with E-state index in [9.17, 15) is 9.59 Å². The largest absolute Gasteiger partial charge is 0.484 e. The van der Waals surface area contributed by atoms with Crippen LogP contribution in [0, 0.1) is 0 Å². The van der Waals surface area contributed by atoms with Crippen molar-refractivity contribution in [3.63, 3.8) is 0 Å². The number of halogens is 2. The average molecular weight is 424 g/mol. The molecule has 1 aliphatic heterocycles. The van der Waals surface area contributed by atoms with Crippen LogP contribution in [0.15, 0.2) is 54.6 Å². The van der Waals surface area contributed by atoms with Gasteiger partial charge in [-0.05, 0) is 29.8 Å². The normalized spacial score (nSPS) is 16.0. The van der Waals surface area contributed by atoms with E-state index in [-0.39, 0.29) is 43.4 Å². The minimum Gasteiger partial charge on any atom is -0.484 e. The predicted molar refractivity (Wildman–Crippen MR) is 111 cm³/mol. The number of rotatable bonds is 6. The van der Waals surface area contributed by atoms with Gasteiger partial charge in [-0.1, -0.05) is 41.9 Å². The zero-order valence-electron chi connectivity index (χ0n) is 15.3. The molecule has 2 N–H and O–H groups in total. The Morgan fingerprint density at radius 2 is 1.96 bits per heavy atom. The first kappa shape index (κ1) is 22.0. The Morgan fingerprint density at radius 3 is 2.71 bits per heavy atom. The van der Waals surface area contributed by atoms with Gasteiger partial charge in [0.15, 0.2) is 6.61 Å². The Labute approximate surface area is 175 Å². The average Bonchev–Trinajstić information content (AvgIpc) is 2.71. The molecule has 1 saturated heterocycles. The van der Waals surface area contributed by atoms with Gasteiger partial charge in [0.05, 0.1) is 12.6 Å². The molecule has 2 aromatic rings. The second-order valence-corrected chi connectivity index (χ2v) is 6.68. The van der Waals surface area contributed by atoms with Crippen LogP contribution in [-0.4, -0.2) is 49.5 Å². The van der Waals surface area contributed by atoms with E-state index in [4.69, 9.17) is 16.3 Å². The molecule has 28 heavy (non-hydrogen) atoms. The van der Waals surface area contributed by atoms with Crippen LogP contribution < -0.4 is 15.4 Å². The van der Waals surface area contributed by atoms with Crippen molar-refractivity contribution in [3.05, 3.63) is 65.2 Å². The summed E-state index contributed by atoms with van der Waals surface area (Å²) in [6, 6.07) is 16.5. The number of ether oxygens (including phenoxy) is 1. The molecule has 1 atom stereocenters. The third kappa shape index (κ3) is 6.12. The molecule has 2 amide bonds. The monoisotopic (exact) mass is 423 g/mol. The van der Waals surface area contributed by atoms with Crippen molar-refractivity contribution in [2.45, 2.75) is 6.04 Å². The molecule has 3 rings (SSSR count). The molecule has 1 unspecified atom stereocenters. The van der Waals surface area contributed by atoms with Crippen molar-refractivity contribution in [2.24, 2.45) is 0 Å². The van der Waals surface area contributed by atoms with Crippen LogP contribution in [0.1, 0.15) is 11.6 Å². The summed E-state index contributed by atoms with van der Waals surface area (Å²) < 4.78 is 5.39. The number of benzene rings is 2. The van der Waals surface area contributed by atoms with Gasteiger partial charge < -0.3 is 20.3 Å². The highest BCUT2D eigenvalue weighted by Crippen LogP contribution is 2.24. The molecule has 1 fully saturated rings. The molecule has 150 valence electrons. The van der Waals surface area contributed by atoms with E-state index < -0.39 is 0 Å². The molecular formula is C20H23Cl2N3O3. The molecule has 8 heteroatoms. The Bertz CT molecular complexity index is 789. The molecule has 0 radical (unpaired) electrons. The predicted octanol–water partition coefficient (Wildman–Crippen LogP) is 2.43. The number of hydrogen-bond donors (Lipinski definition) is 2. The summed E-state index contributed by atoms with van der Waals surface area (Å²) in [6.45, 7) is 1.75. The molecule has 1 aliphatic rings. The highest BCUT2D eigenvalue weighted by molar-refractivity contribution is 6.30. The fourth-order valence-electron chi connectivity index (χ4n) is 3.01. The van der Waals surface area contributed by atoms with Crippen LogP contribution in [0.2, 0.25) is 5.02 Å². The number of para-hydroxylation sites is 1. The second-order valence-electron chi connectivity index (χ2n) is 6.24. The molecule has 0 saturated carbocycles. The molecule has 2 aromatic carbocycles. The van der Waals surface area contributed by atoms with Crippen LogP contribution in [0.5, 0.6) is 5.75 Å². The van der Waals surface area contributed by atoms with Crippen LogP contribution >= 0.6 is 24.0 Å². The molecule has 0 aromatic heterocycles. The van der Waals surface area contributed by atoms with E-state index in [1.54, 1.807) is 23.1 Å². The van der Waals surface area contributed by atoms with E-state index in [0.717, 1.165) is 5.56 Å². The van der Waals surface area contributed by atoms with Crippen LogP contribution in [0.25, 0.3) is 0 Å². The van der Waals surface area contributed by atoms with E-state index in [2.05, 4.69) is 10.6 Å². The van der Waals surface area contributed by atoms with Crippen LogP contribution in [-0.2, 0) is 9.59 Å². The standard InChI is InChI=1S/C20H22ClN3O3.ClH/c21-16-6-4-5-15(11-16)18-12-22-9-10-24(18)20(26)13-23-19(25)14-27-17-7-2-1-3-8-17;/h1-8,11,18,22H,9-10,12-14H2,(H,23,25);1H. The van der Waals surface area contributed by atoms with Gasteiger partial charge >= 0.3 is 0 Å². The van der Waals surface area contributed by atoms with Gasteiger partial charge in [-0.2, -0.15) is 0 Å². The molecule has 0 spiro atoms. The third-order valence-corrected chi connectivity index (χ3v) is 4.58. The molecular weight excluding hydrogens is 401 g/mol. The molecule has 6 nitrogen and oxygen atoms in total. The van der Waals surface area contributed by atoms with Crippen molar-refractivity contribution in [1.29, 1.82) is 0 Å². The van der Waals surface area contributed by atoms with Gasteiger partial charge in [0, 0.05) is 24.7 Å². The topological polar surface area (TPSA) is 70.7 Å². The summed E-state index contributed by atoms with van der Waals surface area (Å²) in [5.41, 5.74) is 0.974. The first-order valence-corrected chi connectivity index (χ1v) is 9.21.